The lowest BCUT2D eigenvalue weighted by Gasteiger charge is -2.29. The maximum atomic E-state index is 13.7. The summed E-state index contributed by atoms with van der Waals surface area (Å²) in [5.41, 5.74) is 2.13. The van der Waals surface area contributed by atoms with Crippen LogP contribution < -0.4 is 14.4 Å². The zero-order valence-corrected chi connectivity index (χ0v) is 18.1. The molecule has 2 amide bonds. The third-order valence-corrected chi connectivity index (χ3v) is 5.59. The summed E-state index contributed by atoms with van der Waals surface area (Å²) in [4.78, 5) is 30.7. The predicted molar refractivity (Wildman–Crippen MR) is 120 cm³/mol. The van der Waals surface area contributed by atoms with Gasteiger partial charge in [-0.25, -0.2) is 4.90 Å². The average Bonchev–Trinajstić information content (AvgIpc) is 3.06. The molecule has 2 aliphatic heterocycles. The van der Waals surface area contributed by atoms with Crippen molar-refractivity contribution in [3.8, 4) is 11.5 Å². The Balaban J connectivity index is 1.79. The SMILES string of the molecule is CCOc1ccc(C2=C(N3CCCCC3)C(=O)N(c3ccccc3OCC)C2=O)cc1. The zero-order chi connectivity index (χ0) is 21.8. The van der Waals surface area contributed by atoms with Gasteiger partial charge in [-0.05, 0) is 62.9 Å². The second-order valence-electron chi connectivity index (χ2n) is 7.58. The molecular formula is C25H28N2O4. The van der Waals surface area contributed by atoms with Gasteiger partial charge in [0.1, 0.15) is 17.2 Å². The van der Waals surface area contributed by atoms with Crippen molar-refractivity contribution in [2.75, 3.05) is 31.2 Å². The number of benzene rings is 2. The minimum Gasteiger partial charge on any atom is -0.494 e. The van der Waals surface area contributed by atoms with Crippen LogP contribution in [0, 0.1) is 0 Å². The summed E-state index contributed by atoms with van der Waals surface area (Å²) in [6.07, 6.45) is 3.16. The fraction of sp³-hybridized carbons (Fsp3) is 0.360. The third-order valence-electron chi connectivity index (χ3n) is 5.59. The molecule has 1 fully saturated rings. The Labute approximate surface area is 183 Å². The van der Waals surface area contributed by atoms with E-state index < -0.39 is 0 Å². The van der Waals surface area contributed by atoms with Gasteiger partial charge in [0.2, 0.25) is 0 Å². The van der Waals surface area contributed by atoms with Gasteiger partial charge in [-0.1, -0.05) is 24.3 Å². The number of amides is 2. The lowest BCUT2D eigenvalue weighted by atomic mass is 10.0. The van der Waals surface area contributed by atoms with Crippen LogP contribution in [0.1, 0.15) is 38.7 Å². The summed E-state index contributed by atoms with van der Waals surface area (Å²) in [6, 6.07) is 14.6. The van der Waals surface area contributed by atoms with Gasteiger partial charge in [-0.2, -0.15) is 0 Å². The zero-order valence-electron chi connectivity index (χ0n) is 18.1. The average molecular weight is 421 g/mol. The molecule has 0 atom stereocenters. The van der Waals surface area contributed by atoms with E-state index in [1.54, 1.807) is 12.1 Å². The van der Waals surface area contributed by atoms with E-state index in [0.29, 0.717) is 35.9 Å². The number of hydrogen-bond acceptors (Lipinski definition) is 5. The fourth-order valence-corrected chi connectivity index (χ4v) is 4.21. The van der Waals surface area contributed by atoms with E-state index >= 15 is 0 Å². The summed E-state index contributed by atoms with van der Waals surface area (Å²) in [6.45, 7) is 6.38. The first kappa shape index (κ1) is 21.0. The molecule has 2 aromatic carbocycles. The quantitative estimate of drug-likeness (QED) is 0.627. The number of imide groups is 1. The highest BCUT2D eigenvalue weighted by molar-refractivity contribution is 6.45. The van der Waals surface area contributed by atoms with E-state index in [1.807, 2.05) is 50.2 Å². The van der Waals surface area contributed by atoms with E-state index in [1.165, 1.54) is 4.90 Å². The molecule has 0 radical (unpaired) electrons. The Bertz CT molecular complexity index is 991. The van der Waals surface area contributed by atoms with E-state index in [2.05, 4.69) is 4.90 Å². The van der Waals surface area contributed by atoms with Gasteiger partial charge in [-0.3, -0.25) is 9.59 Å². The van der Waals surface area contributed by atoms with Crippen molar-refractivity contribution in [2.24, 2.45) is 0 Å². The van der Waals surface area contributed by atoms with Crippen LogP contribution in [0.4, 0.5) is 5.69 Å². The number of hydrogen-bond donors (Lipinski definition) is 0. The molecule has 6 heteroatoms. The van der Waals surface area contributed by atoms with E-state index in [9.17, 15) is 9.59 Å². The van der Waals surface area contributed by atoms with Crippen molar-refractivity contribution in [1.29, 1.82) is 0 Å². The Hall–Kier alpha value is -3.28. The number of para-hydroxylation sites is 2. The summed E-state index contributed by atoms with van der Waals surface area (Å²) in [5.74, 6) is 0.657. The number of anilines is 1. The number of carbonyl (C=O) groups is 2. The molecule has 0 spiro atoms. The van der Waals surface area contributed by atoms with Crippen LogP contribution in [0.3, 0.4) is 0 Å². The van der Waals surface area contributed by atoms with Crippen LogP contribution in [-0.4, -0.2) is 43.0 Å². The number of likely N-dealkylation sites (tertiary alicyclic amines) is 1. The maximum Gasteiger partial charge on any atom is 0.282 e. The van der Waals surface area contributed by atoms with Gasteiger partial charge >= 0.3 is 0 Å². The molecule has 2 aliphatic rings. The number of carbonyl (C=O) groups excluding carboxylic acids is 2. The number of nitrogens with zero attached hydrogens (tertiary/aromatic N) is 2. The monoisotopic (exact) mass is 420 g/mol. The smallest absolute Gasteiger partial charge is 0.282 e. The lowest BCUT2D eigenvalue weighted by Crippen LogP contribution is -2.37. The molecule has 0 aromatic heterocycles. The molecule has 0 saturated carbocycles. The van der Waals surface area contributed by atoms with Crippen LogP contribution >= 0.6 is 0 Å². The first-order chi connectivity index (χ1) is 15.2. The van der Waals surface area contributed by atoms with E-state index in [4.69, 9.17) is 9.47 Å². The van der Waals surface area contributed by atoms with Crippen LogP contribution in [-0.2, 0) is 9.59 Å². The topological polar surface area (TPSA) is 59.1 Å². The highest BCUT2D eigenvalue weighted by Crippen LogP contribution is 2.39. The molecule has 0 unspecified atom stereocenters. The largest absolute Gasteiger partial charge is 0.494 e. The van der Waals surface area contributed by atoms with Crippen molar-refractivity contribution in [1.82, 2.24) is 4.90 Å². The van der Waals surface area contributed by atoms with Crippen molar-refractivity contribution in [3.63, 3.8) is 0 Å². The normalized spacial score (nSPS) is 16.8. The highest BCUT2D eigenvalue weighted by Gasteiger charge is 2.43. The van der Waals surface area contributed by atoms with Gasteiger partial charge in [0, 0.05) is 13.1 Å². The van der Waals surface area contributed by atoms with Crippen LogP contribution in [0.5, 0.6) is 11.5 Å². The van der Waals surface area contributed by atoms with E-state index in [0.717, 1.165) is 43.7 Å². The molecule has 2 heterocycles. The number of ether oxygens (including phenoxy) is 2. The van der Waals surface area contributed by atoms with E-state index in [-0.39, 0.29) is 11.8 Å². The first-order valence-corrected chi connectivity index (χ1v) is 11.0. The maximum absolute atomic E-state index is 13.7. The van der Waals surface area contributed by atoms with Crippen molar-refractivity contribution >= 4 is 23.1 Å². The van der Waals surface area contributed by atoms with Crippen molar-refractivity contribution in [2.45, 2.75) is 33.1 Å². The number of piperidine rings is 1. The van der Waals surface area contributed by atoms with Crippen LogP contribution in [0.2, 0.25) is 0 Å². The van der Waals surface area contributed by atoms with Gasteiger partial charge in [-0.15, -0.1) is 0 Å². The Morgan fingerprint density at radius 1 is 0.806 bits per heavy atom. The molecule has 0 aliphatic carbocycles. The predicted octanol–water partition coefficient (Wildman–Crippen LogP) is 4.25. The summed E-state index contributed by atoms with van der Waals surface area (Å²) < 4.78 is 11.3. The second-order valence-corrected chi connectivity index (χ2v) is 7.58. The molecule has 2 aromatic rings. The standard InChI is InChI=1S/C25H28N2O4/c1-3-30-19-14-12-18(13-15-19)22-23(26-16-8-5-9-17-26)25(29)27(24(22)28)20-10-6-7-11-21(20)31-4-2/h6-7,10-15H,3-5,8-9,16-17H2,1-2H3. The number of rotatable bonds is 7. The molecule has 162 valence electrons. The molecule has 0 bridgehead atoms. The Morgan fingerprint density at radius 3 is 2.16 bits per heavy atom. The third kappa shape index (κ3) is 4.02. The van der Waals surface area contributed by atoms with Gasteiger partial charge < -0.3 is 14.4 Å². The molecule has 6 nitrogen and oxygen atoms in total. The van der Waals surface area contributed by atoms with Crippen molar-refractivity contribution in [3.05, 3.63) is 59.8 Å². The van der Waals surface area contributed by atoms with Gasteiger partial charge in [0.15, 0.2) is 0 Å². The first-order valence-electron chi connectivity index (χ1n) is 11.0. The molecule has 31 heavy (non-hydrogen) atoms. The summed E-state index contributed by atoms with van der Waals surface area (Å²) in [5, 5.41) is 0. The minimum absolute atomic E-state index is 0.289. The lowest BCUT2D eigenvalue weighted by molar-refractivity contribution is -0.120. The summed E-state index contributed by atoms with van der Waals surface area (Å²) >= 11 is 0. The Morgan fingerprint density at radius 2 is 1.48 bits per heavy atom. The van der Waals surface area contributed by atoms with Crippen molar-refractivity contribution < 1.29 is 19.1 Å². The van der Waals surface area contributed by atoms with Crippen LogP contribution in [0.25, 0.3) is 5.57 Å². The molecular weight excluding hydrogens is 392 g/mol. The fourth-order valence-electron chi connectivity index (χ4n) is 4.21. The molecule has 4 rings (SSSR count). The molecule has 1 saturated heterocycles. The Kier molecular flexibility index (Phi) is 6.26. The summed E-state index contributed by atoms with van der Waals surface area (Å²) in [7, 11) is 0. The van der Waals surface area contributed by atoms with Crippen LogP contribution in [0.15, 0.2) is 54.2 Å². The second kappa shape index (κ2) is 9.25. The van der Waals surface area contributed by atoms with Gasteiger partial charge in [0.25, 0.3) is 11.8 Å². The minimum atomic E-state index is -0.318. The highest BCUT2D eigenvalue weighted by atomic mass is 16.5. The molecule has 0 N–H and O–H groups in total. The van der Waals surface area contributed by atoms with Gasteiger partial charge in [0.05, 0.1) is 24.5 Å².